The van der Waals surface area contributed by atoms with Crippen LogP contribution in [0.1, 0.15) is 23.6 Å². The summed E-state index contributed by atoms with van der Waals surface area (Å²) < 4.78 is 54.7. The van der Waals surface area contributed by atoms with Crippen molar-refractivity contribution in [3.05, 3.63) is 102 Å². The highest BCUT2D eigenvalue weighted by molar-refractivity contribution is 7.89. The number of nitrogens with zero attached hydrogens (tertiary/aromatic N) is 4. The predicted octanol–water partition coefficient (Wildman–Crippen LogP) is 4.45. The highest BCUT2D eigenvalue weighted by atomic mass is 32.2. The Morgan fingerprint density at radius 1 is 0.812 bits per heavy atom. The van der Waals surface area contributed by atoms with E-state index in [4.69, 9.17) is 0 Å². The van der Waals surface area contributed by atoms with Gasteiger partial charge in [-0.15, -0.1) is 0 Å². The molecular formula is C23H16F2N4O2S. The van der Waals surface area contributed by atoms with Crippen molar-refractivity contribution >= 4 is 26.8 Å². The fraction of sp³-hybridized carbons (Fsp3) is 0.0870. The average molecular weight is 450 g/mol. The first-order chi connectivity index (χ1) is 15.4. The molecule has 1 unspecified atom stereocenters. The van der Waals surface area contributed by atoms with Crippen LogP contribution in [0.5, 0.6) is 0 Å². The monoisotopic (exact) mass is 450 g/mol. The SMILES string of the molecule is O=S(=O)(c1ccc(F)cc1)N1N=C(c2ccc(F)cc2)CC1c1ccc2nccnc2c1. The molecule has 0 N–H and O–H groups in total. The molecule has 0 amide bonds. The maximum atomic E-state index is 13.4. The fourth-order valence-corrected chi connectivity index (χ4v) is 5.11. The molecule has 0 fully saturated rings. The normalized spacial score (nSPS) is 16.4. The molecule has 9 heteroatoms. The number of rotatable bonds is 4. The highest BCUT2D eigenvalue weighted by Gasteiger charge is 2.38. The van der Waals surface area contributed by atoms with Crippen LogP contribution in [0.25, 0.3) is 11.0 Å². The number of hydrazone groups is 1. The molecule has 1 aliphatic heterocycles. The van der Waals surface area contributed by atoms with Crippen molar-refractivity contribution in [3.63, 3.8) is 0 Å². The predicted molar refractivity (Wildman–Crippen MR) is 115 cm³/mol. The molecule has 1 atom stereocenters. The summed E-state index contributed by atoms with van der Waals surface area (Å²) in [5.41, 5.74) is 3.11. The van der Waals surface area contributed by atoms with E-state index in [9.17, 15) is 17.2 Å². The summed E-state index contributed by atoms with van der Waals surface area (Å²) in [5.74, 6) is -0.932. The summed E-state index contributed by atoms with van der Waals surface area (Å²) in [4.78, 5) is 8.48. The quantitative estimate of drug-likeness (QED) is 0.460. The largest absolute Gasteiger partial charge is 0.279 e. The second-order valence-corrected chi connectivity index (χ2v) is 9.11. The third kappa shape index (κ3) is 3.60. The van der Waals surface area contributed by atoms with Crippen LogP contribution in [-0.2, 0) is 10.0 Å². The summed E-state index contributed by atoms with van der Waals surface area (Å²) in [6, 6.07) is 15.0. The van der Waals surface area contributed by atoms with Crippen molar-refractivity contribution in [3.8, 4) is 0 Å². The van der Waals surface area contributed by atoms with Crippen molar-refractivity contribution in [1.82, 2.24) is 14.4 Å². The van der Waals surface area contributed by atoms with Gasteiger partial charge < -0.3 is 0 Å². The lowest BCUT2D eigenvalue weighted by molar-refractivity contribution is 0.371. The number of aromatic nitrogens is 2. The Kier molecular flexibility index (Phi) is 4.90. The van der Waals surface area contributed by atoms with Gasteiger partial charge in [-0.2, -0.15) is 17.9 Å². The van der Waals surface area contributed by atoms with Crippen molar-refractivity contribution in [2.75, 3.05) is 0 Å². The number of hydrogen-bond acceptors (Lipinski definition) is 5. The maximum Gasteiger partial charge on any atom is 0.279 e. The molecule has 0 saturated carbocycles. The number of benzene rings is 3. The van der Waals surface area contributed by atoms with Crippen LogP contribution in [0.3, 0.4) is 0 Å². The Hall–Kier alpha value is -3.72. The second-order valence-electron chi connectivity index (χ2n) is 7.31. The van der Waals surface area contributed by atoms with E-state index in [2.05, 4.69) is 15.1 Å². The van der Waals surface area contributed by atoms with E-state index in [1.54, 1.807) is 42.7 Å². The average Bonchev–Trinajstić information content (AvgIpc) is 3.26. The van der Waals surface area contributed by atoms with Gasteiger partial charge in [-0.05, 0) is 59.7 Å². The second kappa shape index (κ2) is 7.76. The molecule has 0 radical (unpaired) electrons. The van der Waals surface area contributed by atoms with Crippen molar-refractivity contribution < 1.29 is 17.2 Å². The van der Waals surface area contributed by atoms with E-state index in [0.717, 1.165) is 16.5 Å². The minimum absolute atomic E-state index is 0.0754. The first-order valence-electron chi connectivity index (χ1n) is 9.76. The Labute approximate surface area is 182 Å². The van der Waals surface area contributed by atoms with Crippen LogP contribution in [0, 0.1) is 11.6 Å². The molecule has 0 bridgehead atoms. The van der Waals surface area contributed by atoms with Gasteiger partial charge in [0.2, 0.25) is 0 Å². The molecule has 32 heavy (non-hydrogen) atoms. The van der Waals surface area contributed by atoms with Gasteiger partial charge in [-0.3, -0.25) is 9.97 Å². The van der Waals surface area contributed by atoms with Crippen LogP contribution >= 0.6 is 0 Å². The lowest BCUT2D eigenvalue weighted by Gasteiger charge is -2.23. The van der Waals surface area contributed by atoms with Gasteiger partial charge in [0.05, 0.1) is 27.7 Å². The molecule has 2 heterocycles. The number of sulfonamides is 1. The Bertz CT molecular complexity index is 1440. The smallest absolute Gasteiger partial charge is 0.253 e. The third-order valence-electron chi connectivity index (χ3n) is 5.29. The Morgan fingerprint density at radius 2 is 1.44 bits per heavy atom. The van der Waals surface area contributed by atoms with E-state index in [1.807, 2.05) is 0 Å². The topological polar surface area (TPSA) is 75.5 Å². The molecule has 0 spiro atoms. The molecule has 6 nitrogen and oxygen atoms in total. The van der Waals surface area contributed by atoms with Gasteiger partial charge in [0.1, 0.15) is 11.6 Å². The van der Waals surface area contributed by atoms with Crippen molar-refractivity contribution in [1.29, 1.82) is 0 Å². The summed E-state index contributed by atoms with van der Waals surface area (Å²) in [5, 5.41) is 4.41. The minimum atomic E-state index is -4.09. The molecule has 0 aliphatic carbocycles. The van der Waals surface area contributed by atoms with E-state index < -0.39 is 27.7 Å². The lowest BCUT2D eigenvalue weighted by atomic mass is 9.99. The third-order valence-corrected chi connectivity index (χ3v) is 6.98. The molecule has 4 aromatic rings. The molecule has 3 aromatic carbocycles. The van der Waals surface area contributed by atoms with Crippen LogP contribution < -0.4 is 0 Å². The van der Waals surface area contributed by atoms with Crippen LogP contribution in [-0.4, -0.2) is 28.5 Å². The first-order valence-corrected chi connectivity index (χ1v) is 11.2. The van der Waals surface area contributed by atoms with E-state index >= 15 is 0 Å². The van der Waals surface area contributed by atoms with E-state index in [-0.39, 0.29) is 11.3 Å². The number of halogens is 2. The van der Waals surface area contributed by atoms with Crippen molar-refractivity contribution in [2.24, 2.45) is 5.10 Å². The first kappa shape index (κ1) is 20.2. The lowest BCUT2D eigenvalue weighted by Crippen LogP contribution is -2.27. The van der Waals surface area contributed by atoms with Gasteiger partial charge in [0.25, 0.3) is 10.0 Å². The fourth-order valence-electron chi connectivity index (χ4n) is 3.68. The van der Waals surface area contributed by atoms with Gasteiger partial charge in [-0.1, -0.05) is 18.2 Å². The van der Waals surface area contributed by atoms with Gasteiger partial charge >= 0.3 is 0 Å². The Balaban J connectivity index is 1.62. The van der Waals surface area contributed by atoms with Gasteiger partial charge in [-0.25, -0.2) is 8.78 Å². The minimum Gasteiger partial charge on any atom is -0.253 e. The van der Waals surface area contributed by atoms with Crippen LogP contribution in [0.4, 0.5) is 8.78 Å². The van der Waals surface area contributed by atoms with Gasteiger partial charge in [0, 0.05) is 18.8 Å². The molecule has 1 aromatic heterocycles. The zero-order valence-electron chi connectivity index (χ0n) is 16.6. The summed E-state index contributed by atoms with van der Waals surface area (Å²) in [7, 11) is -4.09. The number of hydrogen-bond donors (Lipinski definition) is 0. The molecule has 0 saturated heterocycles. The zero-order valence-corrected chi connectivity index (χ0v) is 17.4. The maximum absolute atomic E-state index is 13.4. The molecule has 1 aliphatic rings. The summed E-state index contributed by atoms with van der Waals surface area (Å²) in [6.45, 7) is 0. The standard InChI is InChI=1S/C23H16F2N4O2S/c24-17-4-1-15(2-5-17)21-14-23(16-3-10-20-22(13-16)27-12-11-26-20)29(28-21)32(30,31)19-8-6-18(25)7-9-19/h1-13,23H,14H2. The van der Waals surface area contributed by atoms with Crippen LogP contribution in [0.15, 0.2) is 89.1 Å². The van der Waals surface area contributed by atoms with Crippen LogP contribution in [0.2, 0.25) is 0 Å². The van der Waals surface area contributed by atoms with E-state index in [0.29, 0.717) is 27.9 Å². The van der Waals surface area contributed by atoms with Crippen molar-refractivity contribution in [2.45, 2.75) is 17.4 Å². The molecular weight excluding hydrogens is 434 g/mol. The summed E-state index contributed by atoms with van der Waals surface area (Å²) in [6.07, 6.45) is 3.42. The van der Waals surface area contributed by atoms with E-state index in [1.165, 1.54) is 24.3 Å². The molecule has 5 rings (SSSR count). The highest BCUT2D eigenvalue weighted by Crippen LogP contribution is 2.37. The molecule has 160 valence electrons. The summed E-state index contributed by atoms with van der Waals surface area (Å²) >= 11 is 0. The zero-order chi connectivity index (χ0) is 22.3. The van der Waals surface area contributed by atoms with Gasteiger partial charge in [0.15, 0.2) is 0 Å². The number of fused-ring (bicyclic) bond motifs is 1. The Morgan fingerprint density at radius 3 is 2.12 bits per heavy atom.